The number of amides is 1. The van der Waals surface area contributed by atoms with Crippen LogP contribution in [-0.4, -0.2) is 24.5 Å². The van der Waals surface area contributed by atoms with E-state index in [-0.39, 0.29) is 5.91 Å². The number of aromatic nitrogens is 1. The van der Waals surface area contributed by atoms with Crippen LogP contribution < -0.4 is 10.2 Å². The standard InChI is InChI=1S/C16H17N3O/c1-17-13-8-9-18-14(11-13)16(20)19-10-4-6-12-5-2-3-7-15(12)19/h2-3,5,7-9,11H,4,6,10H2,1H3,(H,17,18). The number of pyridine rings is 1. The molecule has 0 unspecified atom stereocenters. The molecule has 1 aliphatic rings. The minimum atomic E-state index is -0.0331. The average Bonchev–Trinajstić information content (AvgIpc) is 2.53. The number of benzene rings is 1. The van der Waals surface area contributed by atoms with Gasteiger partial charge in [-0.3, -0.25) is 9.78 Å². The number of hydrogen-bond acceptors (Lipinski definition) is 3. The van der Waals surface area contributed by atoms with Crippen LogP contribution in [0.2, 0.25) is 0 Å². The molecule has 0 bridgehead atoms. The van der Waals surface area contributed by atoms with E-state index in [0.29, 0.717) is 5.69 Å². The fourth-order valence-electron chi connectivity index (χ4n) is 2.59. The molecule has 2 aromatic rings. The van der Waals surface area contributed by atoms with Gasteiger partial charge in [-0.15, -0.1) is 0 Å². The minimum Gasteiger partial charge on any atom is -0.388 e. The summed E-state index contributed by atoms with van der Waals surface area (Å²) in [5.41, 5.74) is 3.62. The van der Waals surface area contributed by atoms with Gasteiger partial charge in [-0.25, -0.2) is 0 Å². The smallest absolute Gasteiger partial charge is 0.276 e. The number of carbonyl (C=O) groups is 1. The van der Waals surface area contributed by atoms with E-state index in [1.807, 2.05) is 36.2 Å². The lowest BCUT2D eigenvalue weighted by atomic mass is 10.0. The maximum atomic E-state index is 12.7. The van der Waals surface area contributed by atoms with Gasteiger partial charge in [-0.2, -0.15) is 0 Å². The minimum absolute atomic E-state index is 0.0331. The molecular weight excluding hydrogens is 250 g/mol. The van der Waals surface area contributed by atoms with E-state index in [1.165, 1.54) is 5.56 Å². The third kappa shape index (κ3) is 2.25. The lowest BCUT2D eigenvalue weighted by Gasteiger charge is -2.29. The van der Waals surface area contributed by atoms with E-state index < -0.39 is 0 Å². The number of aryl methyl sites for hydroxylation is 1. The highest BCUT2D eigenvalue weighted by Crippen LogP contribution is 2.28. The topological polar surface area (TPSA) is 45.2 Å². The zero-order valence-corrected chi connectivity index (χ0v) is 11.5. The molecule has 20 heavy (non-hydrogen) atoms. The number of anilines is 2. The van der Waals surface area contributed by atoms with Crippen molar-refractivity contribution in [3.63, 3.8) is 0 Å². The summed E-state index contributed by atoms with van der Waals surface area (Å²) in [6.07, 6.45) is 3.69. The van der Waals surface area contributed by atoms with Crippen molar-refractivity contribution in [2.45, 2.75) is 12.8 Å². The predicted octanol–water partition coefficient (Wildman–Crippen LogP) is 2.72. The molecule has 0 saturated heterocycles. The van der Waals surface area contributed by atoms with Crippen molar-refractivity contribution in [2.75, 3.05) is 23.8 Å². The summed E-state index contributed by atoms with van der Waals surface area (Å²) < 4.78 is 0. The fraction of sp³-hybridized carbons (Fsp3) is 0.250. The molecule has 3 rings (SSSR count). The Morgan fingerprint density at radius 2 is 2.15 bits per heavy atom. The number of rotatable bonds is 2. The molecule has 0 spiro atoms. The van der Waals surface area contributed by atoms with Gasteiger partial charge < -0.3 is 10.2 Å². The molecule has 0 radical (unpaired) electrons. The van der Waals surface area contributed by atoms with Gasteiger partial charge >= 0.3 is 0 Å². The lowest BCUT2D eigenvalue weighted by molar-refractivity contribution is 0.0980. The molecular formula is C16H17N3O. The quantitative estimate of drug-likeness (QED) is 0.910. The van der Waals surface area contributed by atoms with Crippen molar-refractivity contribution in [2.24, 2.45) is 0 Å². The van der Waals surface area contributed by atoms with Crippen molar-refractivity contribution >= 4 is 17.3 Å². The molecule has 4 nitrogen and oxygen atoms in total. The van der Waals surface area contributed by atoms with E-state index in [9.17, 15) is 4.79 Å². The van der Waals surface area contributed by atoms with Crippen LogP contribution in [0.15, 0.2) is 42.6 Å². The summed E-state index contributed by atoms with van der Waals surface area (Å²) in [7, 11) is 1.83. The largest absolute Gasteiger partial charge is 0.388 e. The molecule has 2 heterocycles. The number of para-hydroxylation sites is 1. The van der Waals surface area contributed by atoms with Crippen LogP contribution in [-0.2, 0) is 6.42 Å². The fourth-order valence-corrected chi connectivity index (χ4v) is 2.59. The van der Waals surface area contributed by atoms with Gasteiger partial charge in [0.2, 0.25) is 0 Å². The first-order valence-electron chi connectivity index (χ1n) is 6.83. The molecule has 1 aromatic carbocycles. The van der Waals surface area contributed by atoms with E-state index >= 15 is 0 Å². The molecule has 0 saturated carbocycles. The summed E-state index contributed by atoms with van der Waals surface area (Å²) >= 11 is 0. The molecule has 1 aliphatic heterocycles. The van der Waals surface area contributed by atoms with Crippen molar-refractivity contribution < 1.29 is 4.79 Å². The van der Waals surface area contributed by atoms with E-state index in [0.717, 1.165) is 30.8 Å². The second kappa shape index (κ2) is 5.33. The summed E-state index contributed by atoms with van der Waals surface area (Å²) in [4.78, 5) is 18.7. The van der Waals surface area contributed by atoms with E-state index in [1.54, 1.807) is 12.3 Å². The Bertz CT molecular complexity index is 639. The maximum absolute atomic E-state index is 12.7. The highest BCUT2D eigenvalue weighted by atomic mass is 16.2. The second-order valence-corrected chi connectivity index (χ2v) is 4.87. The lowest BCUT2D eigenvalue weighted by Crippen LogP contribution is -2.35. The first-order valence-corrected chi connectivity index (χ1v) is 6.83. The number of carbonyl (C=O) groups excluding carboxylic acids is 1. The highest BCUT2D eigenvalue weighted by Gasteiger charge is 2.24. The van der Waals surface area contributed by atoms with Crippen LogP contribution in [0.4, 0.5) is 11.4 Å². The van der Waals surface area contributed by atoms with Crippen molar-refractivity contribution in [3.8, 4) is 0 Å². The molecule has 0 aliphatic carbocycles. The van der Waals surface area contributed by atoms with Crippen LogP contribution in [0.3, 0.4) is 0 Å². The van der Waals surface area contributed by atoms with Crippen molar-refractivity contribution in [1.29, 1.82) is 0 Å². The molecule has 1 N–H and O–H groups in total. The third-order valence-corrected chi connectivity index (χ3v) is 3.62. The Hall–Kier alpha value is -2.36. The SMILES string of the molecule is CNc1ccnc(C(=O)N2CCCc3ccccc32)c1. The zero-order chi connectivity index (χ0) is 13.9. The van der Waals surface area contributed by atoms with Crippen LogP contribution >= 0.6 is 0 Å². The summed E-state index contributed by atoms with van der Waals surface area (Å²) in [6, 6.07) is 11.7. The third-order valence-electron chi connectivity index (χ3n) is 3.62. The number of hydrogen-bond donors (Lipinski definition) is 1. The van der Waals surface area contributed by atoms with E-state index in [4.69, 9.17) is 0 Å². The molecule has 1 amide bonds. The molecule has 4 heteroatoms. The van der Waals surface area contributed by atoms with Crippen LogP contribution in [0.5, 0.6) is 0 Å². The van der Waals surface area contributed by atoms with Crippen molar-refractivity contribution in [3.05, 3.63) is 53.9 Å². The summed E-state index contributed by atoms with van der Waals surface area (Å²) in [5.74, 6) is -0.0331. The summed E-state index contributed by atoms with van der Waals surface area (Å²) in [6.45, 7) is 0.751. The number of fused-ring (bicyclic) bond motifs is 1. The van der Waals surface area contributed by atoms with Gasteiger partial charge in [0.15, 0.2) is 0 Å². The summed E-state index contributed by atoms with van der Waals surface area (Å²) in [5, 5.41) is 3.03. The maximum Gasteiger partial charge on any atom is 0.276 e. The number of nitrogens with one attached hydrogen (secondary N) is 1. The average molecular weight is 267 g/mol. The monoisotopic (exact) mass is 267 g/mol. The molecule has 0 fully saturated rings. The first-order chi connectivity index (χ1) is 9.79. The van der Waals surface area contributed by atoms with Crippen LogP contribution in [0.25, 0.3) is 0 Å². The van der Waals surface area contributed by atoms with Gasteiger partial charge in [-0.05, 0) is 36.6 Å². The first kappa shape index (κ1) is 12.7. The number of nitrogens with zero attached hydrogens (tertiary/aromatic N) is 2. The van der Waals surface area contributed by atoms with Gasteiger partial charge in [0.1, 0.15) is 5.69 Å². The Kier molecular flexibility index (Phi) is 3.37. The predicted molar refractivity (Wildman–Crippen MR) is 80.2 cm³/mol. The second-order valence-electron chi connectivity index (χ2n) is 4.87. The van der Waals surface area contributed by atoms with Crippen LogP contribution in [0, 0.1) is 0 Å². The Balaban J connectivity index is 1.95. The van der Waals surface area contributed by atoms with Gasteiger partial charge in [0, 0.05) is 31.2 Å². The van der Waals surface area contributed by atoms with Crippen LogP contribution in [0.1, 0.15) is 22.5 Å². The van der Waals surface area contributed by atoms with Gasteiger partial charge in [0.25, 0.3) is 5.91 Å². The zero-order valence-electron chi connectivity index (χ0n) is 11.5. The molecule has 102 valence electrons. The normalized spacial score (nSPS) is 13.8. The van der Waals surface area contributed by atoms with Crippen molar-refractivity contribution in [1.82, 2.24) is 4.98 Å². The van der Waals surface area contributed by atoms with Gasteiger partial charge in [-0.1, -0.05) is 18.2 Å². The van der Waals surface area contributed by atoms with Gasteiger partial charge in [0.05, 0.1) is 0 Å². The molecule has 1 aromatic heterocycles. The molecule has 0 atom stereocenters. The Labute approximate surface area is 118 Å². The Morgan fingerprint density at radius 1 is 1.30 bits per heavy atom. The Morgan fingerprint density at radius 3 is 3.00 bits per heavy atom. The highest BCUT2D eigenvalue weighted by molar-refractivity contribution is 6.05. The van der Waals surface area contributed by atoms with E-state index in [2.05, 4.69) is 16.4 Å².